The molecule has 0 bridgehead atoms. The third-order valence-corrected chi connectivity index (χ3v) is 3.70. The quantitative estimate of drug-likeness (QED) is 0.714. The van der Waals surface area contributed by atoms with Crippen molar-refractivity contribution in [2.75, 3.05) is 59.6 Å². The molecule has 0 aromatic rings. The molecule has 2 rings (SSSR count). The maximum Gasteiger partial charge on any atom is 0.0900 e. The molecule has 2 atom stereocenters. The molecule has 2 aliphatic heterocycles. The van der Waals surface area contributed by atoms with Crippen molar-refractivity contribution in [1.29, 1.82) is 0 Å². The molecule has 2 unspecified atom stereocenters. The van der Waals surface area contributed by atoms with Crippen LogP contribution in [0, 0.1) is 0 Å². The van der Waals surface area contributed by atoms with Crippen LogP contribution in [-0.4, -0.2) is 86.7 Å². The molecule has 5 heteroatoms. The summed E-state index contributed by atoms with van der Waals surface area (Å²) in [6.07, 6.45) is 2.10. The van der Waals surface area contributed by atoms with Gasteiger partial charge in [0.25, 0.3) is 0 Å². The lowest BCUT2D eigenvalue weighted by molar-refractivity contribution is -0.0279. The minimum absolute atomic E-state index is 0.251. The lowest BCUT2D eigenvalue weighted by Crippen LogP contribution is -2.47. The Bertz CT molecular complexity index is 226. The van der Waals surface area contributed by atoms with Crippen molar-refractivity contribution in [2.45, 2.75) is 25.0 Å². The number of hydrogen-bond acceptors (Lipinski definition) is 5. The fourth-order valence-electron chi connectivity index (χ4n) is 2.49. The third-order valence-electron chi connectivity index (χ3n) is 3.70. The average molecular weight is 258 g/mol. The van der Waals surface area contributed by atoms with Gasteiger partial charge in [-0.25, -0.2) is 0 Å². The van der Waals surface area contributed by atoms with Gasteiger partial charge >= 0.3 is 0 Å². The molecule has 0 aromatic carbocycles. The molecular weight excluding hydrogens is 232 g/mol. The number of aliphatic hydroxyl groups excluding tert-OH is 1. The second-order valence-electron chi connectivity index (χ2n) is 5.43. The van der Waals surface area contributed by atoms with Crippen LogP contribution in [0.1, 0.15) is 12.8 Å². The molecule has 2 saturated heterocycles. The minimum atomic E-state index is -0.380. The molecule has 0 aromatic heterocycles. The Labute approximate surface area is 110 Å². The van der Waals surface area contributed by atoms with Crippen LogP contribution < -0.4 is 0 Å². The van der Waals surface area contributed by atoms with Gasteiger partial charge < -0.3 is 19.5 Å². The second kappa shape index (κ2) is 7.40. The van der Waals surface area contributed by atoms with Crippen LogP contribution in [-0.2, 0) is 9.47 Å². The van der Waals surface area contributed by atoms with Gasteiger partial charge in [-0.05, 0) is 19.9 Å². The van der Waals surface area contributed by atoms with E-state index < -0.39 is 0 Å². The first-order valence-electron chi connectivity index (χ1n) is 7.02. The predicted molar refractivity (Wildman–Crippen MR) is 69.7 cm³/mol. The van der Waals surface area contributed by atoms with E-state index in [1.165, 1.54) is 0 Å². The lowest BCUT2D eigenvalue weighted by atomic mass is 10.2. The standard InChI is InChI=1S/C13H26N2O3/c1-14-4-6-15(7-5-14)9-12(16)10-17-11-13-3-2-8-18-13/h12-13,16H,2-11H2,1H3. The van der Waals surface area contributed by atoms with Crippen LogP contribution in [0.2, 0.25) is 0 Å². The van der Waals surface area contributed by atoms with Crippen molar-refractivity contribution < 1.29 is 14.6 Å². The lowest BCUT2D eigenvalue weighted by Gasteiger charge is -2.33. The summed E-state index contributed by atoms with van der Waals surface area (Å²) in [6.45, 7) is 6.88. The van der Waals surface area contributed by atoms with Gasteiger partial charge in [0.15, 0.2) is 0 Å². The van der Waals surface area contributed by atoms with Crippen molar-refractivity contribution >= 4 is 0 Å². The zero-order valence-electron chi connectivity index (χ0n) is 11.4. The Balaban J connectivity index is 1.52. The van der Waals surface area contributed by atoms with Crippen LogP contribution >= 0.6 is 0 Å². The summed E-state index contributed by atoms with van der Waals surface area (Å²) in [5.41, 5.74) is 0. The Morgan fingerprint density at radius 2 is 2.11 bits per heavy atom. The molecule has 2 aliphatic rings. The van der Waals surface area contributed by atoms with Crippen LogP contribution in [0.15, 0.2) is 0 Å². The van der Waals surface area contributed by atoms with Crippen LogP contribution in [0.4, 0.5) is 0 Å². The highest BCUT2D eigenvalue weighted by Crippen LogP contribution is 2.12. The van der Waals surface area contributed by atoms with Gasteiger partial charge in [-0.15, -0.1) is 0 Å². The average Bonchev–Trinajstić information content (AvgIpc) is 2.85. The summed E-state index contributed by atoms with van der Waals surface area (Å²) in [6, 6.07) is 0. The SMILES string of the molecule is CN1CCN(CC(O)COCC2CCCO2)CC1. The van der Waals surface area contributed by atoms with E-state index in [0.29, 0.717) is 13.2 Å². The molecule has 0 spiro atoms. The van der Waals surface area contributed by atoms with Gasteiger partial charge in [0, 0.05) is 39.3 Å². The van der Waals surface area contributed by atoms with Gasteiger partial charge in [-0.3, -0.25) is 4.90 Å². The number of ether oxygens (including phenoxy) is 2. The maximum atomic E-state index is 9.92. The zero-order chi connectivity index (χ0) is 12.8. The summed E-state index contributed by atoms with van der Waals surface area (Å²) in [7, 11) is 2.14. The van der Waals surface area contributed by atoms with E-state index in [-0.39, 0.29) is 12.2 Å². The van der Waals surface area contributed by atoms with Crippen LogP contribution in [0.25, 0.3) is 0 Å². The van der Waals surface area contributed by atoms with E-state index in [4.69, 9.17) is 9.47 Å². The summed E-state index contributed by atoms with van der Waals surface area (Å²) >= 11 is 0. The van der Waals surface area contributed by atoms with Crippen molar-refractivity contribution in [2.24, 2.45) is 0 Å². The number of aliphatic hydroxyl groups is 1. The minimum Gasteiger partial charge on any atom is -0.389 e. The van der Waals surface area contributed by atoms with E-state index in [2.05, 4.69) is 16.8 Å². The Morgan fingerprint density at radius 3 is 2.78 bits per heavy atom. The van der Waals surface area contributed by atoms with E-state index in [0.717, 1.165) is 52.2 Å². The molecular formula is C13H26N2O3. The molecule has 5 nitrogen and oxygen atoms in total. The van der Waals surface area contributed by atoms with E-state index in [1.807, 2.05) is 0 Å². The first kappa shape index (κ1) is 14.2. The van der Waals surface area contributed by atoms with Gasteiger partial charge in [0.2, 0.25) is 0 Å². The second-order valence-corrected chi connectivity index (χ2v) is 5.43. The number of piperazine rings is 1. The van der Waals surface area contributed by atoms with E-state index in [1.54, 1.807) is 0 Å². The predicted octanol–water partition coefficient (Wildman–Crippen LogP) is -0.210. The van der Waals surface area contributed by atoms with Crippen LogP contribution in [0.3, 0.4) is 0 Å². The third kappa shape index (κ3) is 4.82. The molecule has 18 heavy (non-hydrogen) atoms. The first-order chi connectivity index (χ1) is 8.74. The highest BCUT2D eigenvalue weighted by atomic mass is 16.5. The van der Waals surface area contributed by atoms with Crippen molar-refractivity contribution in [3.05, 3.63) is 0 Å². The van der Waals surface area contributed by atoms with Crippen molar-refractivity contribution in [3.63, 3.8) is 0 Å². The molecule has 0 amide bonds. The summed E-state index contributed by atoms with van der Waals surface area (Å²) < 4.78 is 11.0. The molecule has 0 aliphatic carbocycles. The summed E-state index contributed by atoms with van der Waals surface area (Å²) in [5, 5.41) is 9.92. The van der Waals surface area contributed by atoms with E-state index >= 15 is 0 Å². The topological polar surface area (TPSA) is 45.2 Å². The van der Waals surface area contributed by atoms with Crippen LogP contribution in [0.5, 0.6) is 0 Å². The number of rotatable bonds is 6. The maximum absolute atomic E-state index is 9.92. The van der Waals surface area contributed by atoms with Crippen molar-refractivity contribution in [1.82, 2.24) is 9.80 Å². The van der Waals surface area contributed by atoms with Gasteiger partial charge in [-0.1, -0.05) is 0 Å². The fourth-order valence-corrected chi connectivity index (χ4v) is 2.49. The molecule has 1 N–H and O–H groups in total. The number of nitrogens with zero attached hydrogens (tertiary/aromatic N) is 2. The zero-order valence-corrected chi connectivity index (χ0v) is 11.4. The number of β-amino-alcohol motifs (C(OH)–C–C–N with tert-alkyl or cyclic N) is 1. The monoisotopic (exact) mass is 258 g/mol. The molecule has 2 fully saturated rings. The molecule has 0 radical (unpaired) electrons. The van der Waals surface area contributed by atoms with Crippen molar-refractivity contribution in [3.8, 4) is 0 Å². The summed E-state index contributed by atoms with van der Waals surface area (Å²) in [5.74, 6) is 0. The largest absolute Gasteiger partial charge is 0.389 e. The van der Waals surface area contributed by atoms with Gasteiger partial charge in [0.05, 0.1) is 25.4 Å². The smallest absolute Gasteiger partial charge is 0.0900 e. The number of hydrogen-bond donors (Lipinski definition) is 1. The Morgan fingerprint density at radius 1 is 1.33 bits per heavy atom. The summed E-state index contributed by atoms with van der Waals surface area (Å²) in [4.78, 5) is 4.62. The van der Waals surface area contributed by atoms with Gasteiger partial charge in [0.1, 0.15) is 0 Å². The normalized spacial score (nSPS) is 28.7. The molecule has 0 saturated carbocycles. The Hall–Kier alpha value is -0.200. The Kier molecular flexibility index (Phi) is 5.85. The molecule has 2 heterocycles. The molecule has 106 valence electrons. The highest BCUT2D eigenvalue weighted by molar-refractivity contribution is 4.72. The highest BCUT2D eigenvalue weighted by Gasteiger charge is 2.19. The van der Waals surface area contributed by atoms with E-state index in [9.17, 15) is 5.11 Å². The van der Waals surface area contributed by atoms with Gasteiger partial charge in [-0.2, -0.15) is 0 Å². The first-order valence-corrected chi connectivity index (χ1v) is 7.02. The fraction of sp³-hybridized carbons (Fsp3) is 1.00. The number of likely N-dealkylation sites (N-methyl/N-ethyl adjacent to an activating group) is 1.